The first-order valence-electron chi connectivity index (χ1n) is 17.7. The summed E-state index contributed by atoms with van der Waals surface area (Å²) in [5.41, 5.74) is 10.0. The maximum Gasteiger partial charge on any atom is 0.338 e. The Morgan fingerprint density at radius 2 is 1.30 bits per heavy atom. The average molecular weight is 726 g/mol. The van der Waals surface area contributed by atoms with Gasteiger partial charge in [-0.05, 0) is 87.7 Å². The maximum atomic E-state index is 12.2. The van der Waals surface area contributed by atoms with Crippen LogP contribution < -0.4 is 16.4 Å². The quantitative estimate of drug-likeness (QED) is 0.164. The Labute approximate surface area is 308 Å². The van der Waals surface area contributed by atoms with E-state index in [-0.39, 0.29) is 41.7 Å². The van der Waals surface area contributed by atoms with Crippen LogP contribution in [0.25, 0.3) is 0 Å². The number of nitrogens with two attached hydrogens (primary N) is 1. The molecule has 3 aromatic rings. The summed E-state index contributed by atoms with van der Waals surface area (Å²) in [7, 11) is 0. The number of Topliss-reactive ketones (excluding diaryl/α,β-unsaturated/α-hetero) is 2. The van der Waals surface area contributed by atoms with E-state index in [1.807, 2.05) is 16.8 Å². The number of carbonyl (C=O) groups is 6. The van der Waals surface area contributed by atoms with Crippen LogP contribution in [-0.4, -0.2) is 59.6 Å². The van der Waals surface area contributed by atoms with E-state index in [0.29, 0.717) is 68.1 Å². The Hall–Kier alpha value is -5.91. The molecule has 0 saturated heterocycles. The van der Waals surface area contributed by atoms with Gasteiger partial charge >= 0.3 is 11.9 Å². The first-order valence-corrected chi connectivity index (χ1v) is 17.7. The smallest absolute Gasteiger partial charge is 0.338 e. The van der Waals surface area contributed by atoms with Crippen molar-refractivity contribution in [3.8, 4) is 0 Å². The van der Waals surface area contributed by atoms with E-state index in [4.69, 9.17) is 19.9 Å². The summed E-state index contributed by atoms with van der Waals surface area (Å²) in [5, 5.41) is 5.49. The zero-order valence-corrected chi connectivity index (χ0v) is 30.0. The van der Waals surface area contributed by atoms with Gasteiger partial charge in [-0.15, -0.1) is 0 Å². The van der Waals surface area contributed by atoms with Crippen LogP contribution in [0.2, 0.25) is 0 Å². The van der Waals surface area contributed by atoms with Crippen molar-refractivity contribution in [2.24, 2.45) is 5.73 Å². The molecule has 2 amide bonds. The summed E-state index contributed by atoms with van der Waals surface area (Å²) < 4.78 is 16.7. The van der Waals surface area contributed by atoms with Gasteiger partial charge in [0.1, 0.15) is 0 Å². The van der Waals surface area contributed by atoms with Crippen molar-refractivity contribution in [3.63, 3.8) is 0 Å². The summed E-state index contributed by atoms with van der Waals surface area (Å²) in [6, 6.07) is 15.0. The summed E-state index contributed by atoms with van der Waals surface area (Å²) >= 11 is 0. The highest BCUT2D eigenvalue weighted by atomic mass is 16.5. The number of rotatable bonds is 11. The highest BCUT2D eigenvalue weighted by molar-refractivity contribution is 5.99. The minimum Gasteiger partial charge on any atom is -0.462 e. The highest BCUT2D eigenvalue weighted by Gasteiger charge is 2.33. The molecular formula is C40H45N4O9+. The van der Waals surface area contributed by atoms with Gasteiger partial charge in [-0.2, -0.15) is 0 Å². The van der Waals surface area contributed by atoms with E-state index in [1.54, 1.807) is 68.5 Å². The first kappa shape index (κ1) is 39.9. The summed E-state index contributed by atoms with van der Waals surface area (Å²) in [5.74, 6) is 0.207. The van der Waals surface area contributed by atoms with Crippen molar-refractivity contribution in [2.75, 3.05) is 30.4 Å². The number of fused-ring (bicyclic) bond motifs is 1. The third-order valence-corrected chi connectivity index (χ3v) is 8.30. The van der Waals surface area contributed by atoms with Crippen LogP contribution >= 0.6 is 0 Å². The van der Waals surface area contributed by atoms with E-state index in [1.165, 1.54) is 0 Å². The molecule has 0 spiro atoms. The fourth-order valence-corrected chi connectivity index (χ4v) is 5.67. The first-order chi connectivity index (χ1) is 25.6. The van der Waals surface area contributed by atoms with Gasteiger partial charge < -0.3 is 30.4 Å². The minimum atomic E-state index is -0.377. The highest BCUT2D eigenvalue weighted by Crippen LogP contribution is 2.27. The van der Waals surface area contributed by atoms with Gasteiger partial charge in [0, 0.05) is 67.6 Å². The second-order valence-corrected chi connectivity index (χ2v) is 12.1. The fraction of sp³-hybridized carbons (Fsp3) is 0.350. The van der Waals surface area contributed by atoms with Gasteiger partial charge in [-0.1, -0.05) is 0 Å². The Bertz CT molecular complexity index is 1840. The zero-order valence-electron chi connectivity index (χ0n) is 30.0. The molecule has 0 bridgehead atoms. The molecule has 2 aromatic carbocycles. The van der Waals surface area contributed by atoms with E-state index in [2.05, 4.69) is 16.9 Å². The maximum absolute atomic E-state index is 12.2. The molecule has 278 valence electrons. The Morgan fingerprint density at radius 1 is 0.755 bits per heavy atom. The number of amides is 2. The van der Waals surface area contributed by atoms with Crippen molar-refractivity contribution < 1.29 is 43.0 Å². The molecular weight excluding hydrogens is 680 g/mol. The molecule has 13 nitrogen and oxygen atoms in total. The molecule has 6 rings (SSSR count). The molecule has 0 radical (unpaired) electrons. The second kappa shape index (κ2) is 20.2. The molecule has 53 heavy (non-hydrogen) atoms. The lowest BCUT2D eigenvalue weighted by atomic mass is 9.97. The van der Waals surface area contributed by atoms with Crippen molar-refractivity contribution in [1.82, 2.24) is 4.57 Å². The lowest BCUT2D eigenvalue weighted by Gasteiger charge is -2.15. The lowest BCUT2D eigenvalue weighted by molar-refractivity contribution is -0.117. The number of carbonyl (C=O) groups excluding carboxylic acids is 6. The molecule has 3 aliphatic rings. The number of nitrogens with one attached hydrogen (secondary N) is 2. The Kier molecular flexibility index (Phi) is 15.2. The molecule has 1 aliphatic heterocycles. The zero-order chi connectivity index (χ0) is 38.2. The number of anilines is 2. The molecule has 2 aliphatic carbocycles. The van der Waals surface area contributed by atoms with Gasteiger partial charge in [-0.3, -0.25) is 23.9 Å². The Balaban J connectivity index is 0.000000198. The SMILES string of the molecule is CCOC(=O)c1ccc(NC(=O)CCN)cc1.CCOC(=O)c1ccc(NC(=O)CCn2ccc3c2CCCC3=O)cc1.O=C1CCCC2=C1C=[C+]O2. The van der Waals surface area contributed by atoms with Gasteiger partial charge in [0.25, 0.3) is 5.76 Å². The van der Waals surface area contributed by atoms with Crippen LogP contribution in [0.4, 0.5) is 11.4 Å². The van der Waals surface area contributed by atoms with E-state index in [0.717, 1.165) is 48.3 Å². The number of hydrogen-bond acceptors (Lipinski definition) is 10. The third kappa shape index (κ3) is 11.8. The molecule has 0 atom stereocenters. The molecule has 0 saturated carbocycles. The largest absolute Gasteiger partial charge is 0.462 e. The van der Waals surface area contributed by atoms with Gasteiger partial charge in [-0.25, -0.2) is 9.59 Å². The summed E-state index contributed by atoms with van der Waals surface area (Å²) in [6.07, 6.45) is 11.5. The van der Waals surface area contributed by atoms with Crippen LogP contribution in [-0.2, 0) is 41.6 Å². The van der Waals surface area contributed by atoms with E-state index in [9.17, 15) is 28.8 Å². The molecule has 13 heteroatoms. The lowest BCUT2D eigenvalue weighted by Crippen LogP contribution is -2.17. The molecule has 4 N–H and O–H groups in total. The van der Waals surface area contributed by atoms with Gasteiger partial charge in [0.2, 0.25) is 29.4 Å². The molecule has 2 heterocycles. The summed E-state index contributed by atoms with van der Waals surface area (Å²) in [4.78, 5) is 69.3. The predicted octanol–water partition coefficient (Wildman–Crippen LogP) is 5.70. The second-order valence-electron chi connectivity index (χ2n) is 12.1. The van der Waals surface area contributed by atoms with Crippen molar-refractivity contribution in [1.29, 1.82) is 0 Å². The average Bonchev–Trinajstić information content (AvgIpc) is 3.81. The number of ketones is 2. The van der Waals surface area contributed by atoms with Crippen molar-refractivity contribution in [2.45, 2.75) is 71.8 Å². The topological polar surface area (TPSA) is 185 Å². The van der Waals surface area contributed by atoms with E-state index >= 15 is 0 Å². The fourth-order valence-electron chi connectivity index (χ4n) is 5.67. The van der Waals surface area contributed by atoms with Crippen LogP contribution in [0.5, 0.6) is 0 Å². The normalized spacial score (nSPS) is 13.8. The van der Waals surface area contributed by atoms with Gasteiger partial charge in [0.15, 0.2) is 11.9 Å². The standard InChI is InChI=1S/C20H22N2O4.C12H16N2O3.C8H7O2/c1-2-26-20(25)14-6-8-15(9-7-14)21-19(24)11-13-22-12-10-16-17(22)4-3-5-18(16)23;1-2-17-12(16)9-3-5-10(6-4-9)14-11(15)7-8-13;9-7-2-1-3-8-6(7)4-5-10-8/h6-10,12H,2-5,11,13H2,1H3,(H,21,24);3-6H,2,7-8,13H2,1H3,(H,14,15);4H,1-3H2/q;;+1. The van der Waals surface area contributed by atoms with Gasteiger partial charge in [0.05, 0.1) is 30.8 Å². The van der Waals surface area contributed by atoms with Crippen LogP contribution in [0.15, 0.2) is 78.2 Å². The number of aryl methyl sites for hydroxylation is 1. The number of aromatic nitrogens is 1. The van der Waals surface area contributed by atoms with Crippen LogP contribution in [0, 0.1) is 6.26 Å². The number of nitrogens with zero attached hydrogens (tertiary/aromatic N) is 1. The van der Waals surface area contributed by atoms with E-state index < -0.39 is 0 Å². The number of esters is 2. The molecule has 0 fully saturated rings. The molecule has 1 aromatic heterocycles. The number of ether oxygens (including phenoxy) is 3. The number of benzene rings is 2. The summed E-state index contributed by atoms with van der Waals surface area (Å²) in [6.45, 7) is 5.02. The Morgan fingerprint density at radius 3 is 1.85 bits per heavy atom. The molecule has 0 unspecified atom stereocenters. The number of allylic oxidation sites excluding steroid dienone is 3. The minimum absolute atomic E-state index is 0.113. The van der Waals surface area contributed by atoms with Crippen LogP contribution in [0.1, 0.15) is 95.6 Å². The van der Waals surface area contributed by atoms with Crippen LogP contribution in [0.3, 0.4) is 0 Å². The predicted molar refractivity (Wildman–Crippen MR) is 197 cm³/mol. The third-order valence-electron chi connectivity index (χ3n) is 8.30. The monoisotopic (exact) mass is 725 g/mol. The van der Waals surface area contributed by atoms with Crippen molar-refractivity contribution in [3.05, 3.63) is 107 Å². The number of hydrogen-bond donors (Lipinski definition) is 3. The van der Waals surface area contributed by atoms with Crippen molar-refractivity contribution >= 4 is 46.7 Å².